The zero-order valence-corrected chi connectivity index (χ0v) is 12.0. The van der Waals surface area contributed by atoms with Crippen LogP contribution in [0.4, 0.5) is 5.69 Å². The summed E-state index contributed by atoms with van der Waals surface area (Å²) in [5, 5.41) is 3.51. The normalized spacial score (nSPS) is 28.0. The molecule has 1 aromatic carbocycles. The van der Waals surface area contributed by atoms with Crippen molar-refractivity contribution in [3.05, 3.63) is 28.7 Å². The van der Waals surface area contributed by atoms with E-state index in [1.54, 1.807) is 11.8 Å². The molecule has 3 nitrogen and oxygen atoms in total. The Morgan fingerprint density at radius 2 is 2.41 bits per heavy atom. The summed E-state index contributed by atoms with van der Waals surface area (Å²) in [5.74, 6) is 0.695. The molecule has 1 amide bonds. The van der Waals surface area contributed by atoms with Gasteiger partial charge in [-0.15, -0.1) is 0 Å². The minimum Gasteiger partial charge on any atom is -0.370 e. The van der Waals surface area contributed by atoms with Crippen molar-refractivity contribution >= 4 is 39.3 Å². The monoisotopic (exact) mass is 314 g/mol. The number of nitrogens with one attached hydrogen (secondary N) is 1. The van der Waals surface area contributed by atoms with Crippen LogP contribution in [-0.2, 0) is 4.79 Å². The Labute approximate surface area is 114 Å². The fourth-order valence-corrected chi connectivity index (χ4v) is 3.89. The molecule has 1 aliphatic heterocycles. The predicted octanol–water partition coefficient (Wildman–Crippen LogP) is 2.61. The van der Waals surface area contributed by atoms with E-state index < -0.39 is 5.54 Å². The average molecular weight is 315 g/mol. The third-order valence-electron chi connectivity index (χ3n) is 3.19. The highest BCUT2D eigenvalue weighted by molar-refractivity contribution is 9.10. The Hall–Kier alpha value is -0.680. The second-order valence-corrected chi connectivity index (χ2v) is 6.60. The van der Waals surface area contributed by atoms with Gasteiger partial charge in [0.2, 0.25) is 5.91 Å². The number of halogens is 1. The number of amides is 1. The molecule has 5 heteroatoms. The zero-order chi connectivity index (χ0) is 12.5. The highest BCUT2D eigenvalue weighted by Crippen LogP contribution is 2.38. The number of benzene rings is 1. The highest BCUT2D eigenvalue weighted by Gasteiger charge is 2.46. The van der Waals surface area contributed by atoms with Crippen molar-refractivity contribution in [3.8, 4) is 0 Å². The molecule has 3 N–H and O–H groups in total. The molecule has 1 heterocycles. The zero-order valence-electron chi connectivity index (χ0n) is 9.57. The quantitative estimate of drug-likeness (QED) is 0.901. The lowest BCUT2D eigenvalue weighted by Gasteiger charge is -2.31. The third kappa shape index (κ3) is 2.45. The van der Waals surface area contributed by atoms with Crippen molar-refractivity contribution in [2.24, 2.45) is 5.73 Å². The Morgan fingerprint density at radius 1 is 1.65 bits per heavy atom. The number of carbonyl (C=O) groups is 1. The first-order chi connectivity index (χ1) is 8.04. The number of thioether (sulfide) groups is 1. The molecule has 0 saturated carbocycles. The van der Waals surface area contributed by atoms with Crippen LogP contribution in [0.5, 0.6) is 0 Å². The maximum absolute atomic E-state index is 11.8. The van der Waals surface area contributed by atoms with Crippen LogP contribution < -0.4 is 11.1 Å². The van der Waals surface area contributed by atoms with E-state index in [2.05, 4.69) is 21.2 Å². The van der Waals surface area contributed by atoms with Crippen molar-refractivity contribution in [2.45, 2.75) is 24.1 Å². The topological polar surface area (TPSA) is 55.1 Å². The van der Waals surface area contributed by atoms with Crippen LogP contribution in [0.25, 0.3) is 0 Å². The van der Waals surface area contributed by atoms with Gasteiger partial charge < -0.3 is 11.1 Å². The van der Waals surface area contributed by atoms with Crippen LogP contribution in [0.15, 0.2) is 28.7 Å². The van der Waals surface area contributed by atoms with E-state index >= 15 is 0 Å². The minimum atomic E-state index is -0.620. The van der Waals surface area contributed by atoms with Gasteiger partial charge in [0.15, 0.2) is 0 Å². The number of rotatable bonds is 3. The van der Waals surface area contributed by atoms with Gasteiger partial charge in [-0.25, -0.2) is 0 Å². The first-order valence-electron chi connectivity index (χ1n) is 5.50. The largest absolute Gasteiger partial charge is 0.370 e. The Morgan fingerprint density at radius 3 is 2.94 bits per heavy atom. The number of anilines is 1. The van der Waals surface area contributed by atoms with Gasteiger partial charge in [-0.3, -0.25) is 4.79 Å². The Bertz CT molecular complexity index is 440. The number of hydrogen-bond donors (Lipinski definition) is 2. The molecule has 1 fully saturated rings. The van der Waals surface area contributed by atoms with Gasteiger partial charge >= 0.3 is 0 Å². The van der Waals surface area contributed by atoms with Gasteiger partial charge in [0, 0.05) is 15.4 Å². The molecule has 92 valence electrons. The maximum Gasteiger partial charge on any atom is 0.244 e. The summed E-state index contributed by atoms with van der Waals surface area (Å²) < 4.78 is 0.987. The molecule has 0 radical (unpaired) electrons. The van der Waals surface area contributed by atoms with Crippen LogP contribution >= 0.6 is 27.7 Å². The lowest BCUT2D eigenvalue weighted by Crippen LogP contribution is -2.54. The molecule has 0 bridgehead atoms. The third-order valence-corrected chi connectivity index (χ3v) is 5.03. The molecule has 2 atom stereocenters. The lowest BCUT2D eigenvalue weighted by atomic mass is 9.91. The average Bonchev–Trinajstić information content (AvgIpc) is 2.61. The van der Waals surface area contributed by atoms with E-state index in [1.807, 2.05) is 31.2 Å². The second kappa shape index (κ2) is 4.90. The van der Waals surface area contributed by atoms with Crippen molar-refractivity contribution < 1.29 is 4.79 Å². The number of nitrogens with two attached hydrogens (primary N) is 1. The van der Waals surface area contributed by atoms with E-state index in [0.717, 1.165) is 22.3 Å². The minimum absolute atomic E-state index is 0.194. The van der Waals surface area contributed by atoms with E-state index in [9.17, 15) is 4.79 Å². The number of hydrogen-bond acceptors (Lipinski definition) is 3. The molecule has 0 spiro atoms. The summed E-state index contributed by atoms with van der Waals surface area (Å²) in [4.78, 5) is 11.8. The van der Waals surface area contributed by atoms with E-state index in [1.165, 1.54) is 0 Å². The molecular weight excluding hydrogens is 300 g/mol. The van der Waals surface area contributed by atoms with Crippen molar-refractivity contribution in [1.82, 2.24) is 0 Å². The van der Waals surface area contributed by atoms with Crippen molar-refractivity contribution in [3.63, 3.8) is 0 Å². The summed E-state index contributed by atoms with van der Waals surface area (Å²) >= 11 is 5.20. The van der Waals surface area contributed by atoms with Gasteiger partial charge in [0.25, 0.3) is 0 Å². The smallest absolute Gasteiger partial charge is 0.244 e. The van der Waals surface area contributed by atoms with E-state index in [4.69, 9.17) is 5.73 Å². The van der Waals surface area contributed by atoms with Crippen molar-refractivity contribution in [2.75, 3.05) is 11.1 Å². The molecule has 2 unspecified atom stereocenters. The van der Waals surface area contributed by atoms with Crippen LogP contribution in [0.2, 0.25) is 0 Å². The molecular formula is C12H15BrN2OS. The summed E-state index contributed by atoms with van der Waals surface area (Å²) in [6.45, 7) is 2.05. The molecule has 1 aliphatic rings. The van der Waals surface area contributed by atoms with Gasteiger partial charge in [-0.1, -0.05) is 28.9 Å². The Kier molecular flexibility index (Phi) is 3.68. The summed E-state index contributed by atoms with van der Waals surface area (Å²) in [7, 11) is 0. The van der Waals surface area contributed by atoms with Crippen LogP contribution in [0.3, 0.4) is 0 Å². The number of carbonyl (C=O) groups excluding carboxylic acids is 1. The first kappa shape index (κ1) is 12.8. The Balaban J connectivity index is 2.28. The molecule has 1 saturated heterocycles. The second-order valence-electron chi connectivity index (χ2n) is 4.23. The summed E-state index contributed by atoms with van der Waals surface area (Å²) in [5.41, 5.74) is 5.89. The fourth-order valence-electron chi connectivity index (χ4n) is 2.12. The van der Waals surface area contributed by atoms with Crippen molar-refractivity contribution in [1.29, 1.82) is 0 Å². The van der Waals surface area contributed by atoms with E-state index in [-0.39, 0.29) is 11.2 Å². The van der Waals surface area contributed by atoms with Gasteiger partial charge in [0.05, 0.1) is 0 Å². The molecule has 0 aromatic heterocycles. The fraction of sp³-hybridized carbons (Fsp3) is 0.417. The highest BCUT2D eigenvalue weighted by atomic mass is 79.9. The maximum atomic E-state index is 11.8. The van der Waals surface area contributed by atoms with Gasteiger partial charge in [-0.05, 0) is 30.4 Å². The SMILES string of the molecule is CC1SCCC1(Nc1cccc(Br)c1)C(N)=O. The van der Waals surface area contributed by atoms with E-state index in [0.29, 0.717) is 0 Å². The molecule has 1 aromatic rings. The predicted molar refractivity (Wildman–Crippen MR) is 76.2 cm³/mol. The van der Waals surface area contributed by atoms with Crippen LogP contribution in [-0.4, -0.2) is 22.4 Å². The molecule has 17 heavy (non-hydrogen) atoms. The molecule has 2 rings (SSSR count). The van der Waals surface area contributed by atoms with Crippen LogP contribution in [0, 0.1) is 0 Å². The van der Waals surface area contributed by atoms with Crippen LogP contribution in [0.1, 0.15) is 13.3 Å². The lowest BCUT2D eigenvalue weighted by molar-refractivity contribution is -0.122. The summed E-state index contributed by atoms with van der Waals surface area (Å²) in [6.07, 6.45) is 0.778. The van der Waals surface area contributed by atoms with Gasteiger partial charge in [-0.2, -0.15) is 11.8 Å². The summed E-state index contributed by atoms with van der Waals surface area (Å²) in [6, 6.07) is 7.80. The molecule has 0 aliphatic carbocycles. The first-order valence-corrected chi connectivity index (χ1v) is 7.34. The van der Waals surface area contributed by atoms with Gasteiger partial charge in [0.1, 0.15) is 5.54 Å². The number of primary amides is 1. The standard InChI is InChI=1S/C12H15BrN2OS/c1-8-12(11(14)16,5-6-17-8)15-10-4-2-3-9(13)7-10/h2-4,7-8,15H,5-6H2,1H3,(H2,14,16).